The summed E-state index contributed by atoms with van der Waals surface area (Å²) in [5.74, 6) is -0.832. The van der Waals surface area contributed by atoms with Crippen molar-refractivity contribution in [1.29, 1.82) is 0 Å². The molecular formula is C19H29N3O6. The summed E-state index contributed by atoms with van der Waals surface area (Å²) < 4.78 is 10.2. The van der Waals surface area contributed by atoms with Crippen LogP contribution in [0.15, 0.2) is 18.3 Å². The Morgan fingerprint density at radius 1 is 1.04 bits per heavy atom. The minimum atomic E-state index is -1.15. The zero-order chi connectivity index (χ0) is 21.5. The van der Waals surface area contributed by atoms with E-state index in [9.17, 15) is 19.5 Å². The second kappa shape index (κ2) is 9.38. The van der Waals surface area contributed by atoms with Crippen LogP contribution < -0.4 is 10.6 Å². The van der Waals surface area contributed by atoms with E-state index in [2.05, 4.69) is 15.6 Å². The van der Waals surface area contributed by atoms with Gasteiger partial charge in [-0.15, -0.1) is 0 Å². The van der Waals surface area contributed by atoms with Crippen molar-refractivity contribution in [2.45, 2.75) is 71.6 Å². The van der Waals surface area contributed by atoms with Crippen LogP contribution in [0.4, 0.5) is 15.4 Å². The second-order valence-corrected chi connectivity index (χ2v) is 8.25. The third-order valence-corrected chi connectivity index (χ3v) is 3.16. The van der Waals surface area contributed by atoms with E-state index in [4.69, 9.17) is 9.47 Å². The van der Waals surface area contributed by atoms with Gasteiger partial charge in [-0.1, -0.05) is 6.07 Å². The van der Waals surface area contributed by atoms with E-state index in [1.54, 1.807) is 53.7 Å². The van der Waals surface area contributed by atoms with E-state index in [0.717, 1.165) is 5.56 Å². The van der Waals surface area contributed by atoms with Gasteiger partial charge in [0.15, 0.2) is 0 Å². The van der Waals surface area contributed by atoms with E-state index in [0.29, 0.717) is 12.2 Å². The lowest BCUT2D eigenvalue weighted by atomic mass is 10.1. The molecule has 28 heavy (non-hydrogen) atoms. The Balaban J connectivity index is 2.59. The maximum atomic E-state index is 11.8. The highest BCUT2D eigenvalue weighted by Gasteiger charge is 2.24. The normalized spacial score (nSPS) is 12.6. The molecule has 1 aromatic rings. The average molecular weight is 395 g/mol. The Morgan fingerprint density at radius 2 is 1.61 bits per heavy atom. The molecule has 156 valence electrons. The zero-order valence-electron chi connectivity index (χ0n) is 17.2. The van der Waals surface area contributed by atoms with Crippen LogP contribution >= 0.6 is 0 Å². The lowest BCUT2D eigenvalue weighted by Crippen LogP contribution is -2.43. The molecule has 0 bridgehead atoms. The number of aliphatic carboxylic acids is 1. The minimum absolute atomic E-state index is 0.162. The first-order valence-corrected chi connectivity index (χ1v) is 8.92. The Kier molecular flexibility index (Phi) is 7.78. The molecule has 0 aliphatic rings. The molecule has 1 atom stereocenters. The van der Waals surface area contributed by atoms with Gasteiger partial charge in [-0.05, 0) is 66.0 Å². The number of hydrogen-bond acceptors (Lipinski definition) is 6. The summed E-state index contributed by atoms with van der Waals surface area (Å²) in [4.78, 5) is 39.0. The van der Waals surface area contributed by atoms with Crippen molar-refractivity contribution >= 4 is 24.0 Å². The number of anilines is 1. The Bertz CT molecular complexity index is 689. The van der Waals surface area contributed by atoms with Gasteiger partial charge in [0.2, 0.25) is 0 Å². The van der Waals surface area contributed by atoms with Crippen LogP contribution in [-0.2, 0) is 20.7 Å². The summed E-state index contributed by atoms with van der Waals surface area (Å²) in [5, 5.41) is 14.2. The number of carbonyl (C=O) groups excluding carboxylic acids is 2. The molecule has 0 saturated carbocycles. The first-order chi connectivity index (χ1) is 12.7. The lowest BCUT2D eigenvalue weighted by molar-refractivity contribution is -0.139. The van der Waals surface area contributed by atoms with Crippen LogP contribution in [0.25, 0.3) is 0 Å². The average Bonchev–Trinajstić information content (AvgIpc) is 2.48. The second-order valence-electron chi connectivity index (χ2n) is 8.25. The number of carboxylic acids is 1. The van der Waals surface area contributed by atoms with Crippen molar-refractivity contribution in [3.05, 3.63) is 23.9 Å². The van der Waals surface area contributed by atoms with Gasteiger partial charge in [0.25, 0.3) is 0 Å². The van der Waals surface area contributed by atoms with Crippen LogP contribution in [0.2, 0.25) is 0 Å². The third-order valence-electron chi connectivity index (χ3n) is 3.16. The maximum absolute atomic E-state index is 11.8. The van der Waals surface area contributed by atoms with E-state index in [1.165, 1.54) is 6.20 Å². The molecule has 0 unspecified atom stereocenters. The maximum Gasteiger partial charge on any atom is 0.413 e. The molecule has 0 radical (unpaired) electrons. The van der Waals surface area contributed by atoms with Crippen molar-refractivity contribution in [2.24, 2.45) is 0 Å². The molecule has 9 nitrogen and oxygen atoms in total. The molecule has 0 saturated heterocycles. The molecule has 1 aromatic heterocycles. The van der Waals surface area contributed by atoms with Crippen molar-refractivity contribution in [1.82, 2.24) is 10.3 Å². The van der Waals surface area contributed by atoms with Crippen LogP contribution in [0, 0.1) is 0 Å². The van der Waals surface area contributed by atoms with Crippen LogP contribution in [0.3, 0.4) is 0 Å². The molecule has 0 aliphatic carbocycles. The van der Waals surface area contributed by atoms with Gasteiger partial charge in [0.1, 0.15) is 23.1 Å². The number of aromatic nitrogens is 1. The highest BCUT2D eigenvalue weighted by Crippen LogP contribution is 2.12. The number of ether oxygens (including phenoxy) is 2. The van der Waals surface area contributed by atoms with Crippen molar-refractivity contribution in [3.8, 4) is 0 Å². The van der Waals surface area contributed by atoms with E-state index in [-0.39, 0.29) is 6.42 Å². The zero-order valence-corrected chi connectivity index (χ0v) is 17.2. The van der Waals surface area contributed by atoms with E-state index < -0.39 is 35.4 Å². The summed E-state index contributed by atoms with van der Waals surface area (Å²) in [7, 11) is 0. The van der Waals surface area contributed by atoms with Crippen molar-refractivity contribution < 1.29 is 29.0 Å². The van der Waals surface area contributed by atoms with Gasteiger partial charge in [0, 0.05) is 6.20 Å². The predicted octanol–water partition coefficient (Wildman–Crippen LogP) is 3.34. The number of amides is 2. The molecule has 1 heterocycles. The number of carboxylic acid groups (broad SMARTS) is 1. The van der Waals surface area contributed by atoms with Crippen LogP contribution in [-0.4, -0.2) is 45.5 Å². The van der Waals surface area contributed by atoms with Gasteiger partial charge in [-0.25, -0.2) is 19.4 Å². The van der Waals surface area contributed by atoms with Gasteiger partial charge < -0.3 is 19.9 Å². The molecule has 9 heteroatoms. The Labute approximate surface area is 164 Å². The van der Waals surface area contributed by atoms with Crippen LogP contribution in [0.1, 0.15) is 53.5 Å². The fourth-order valence-electron chi connectivity index (χ4n) is 2.07. The van der Waals surface area contributed by atoms with Gasteiger partial charge in [-0.3, -0.25) is 5.32 Å². The number of carbonyl (C=O) groups is 3. The molecule has 3 N–H and O–H groups in total. The number of aryl methyl sites for hydroxylation is 1. The summed E-state index contributed by atoms with van der Waals surface area (Å²) in [6, 6.07) is 2.22. The Hall–Kier alpha value is -2.84. The van der Waals surface area contributed by atoms with E-state index >= 15 is 0 Å². The molecule has 0 spiro atoms. The Morgan fingerprint density at radius 3 is 2.07 bits per heavy atom. The van der Waals surface area contributed by atoms with Gasteiger partial charge in [0.05, 0.1) is 0 Å². The van der Waals surface area contributed by atoms with Crippen molar-refractivity contribution in [2.75, 3.05) is 5.32 Å². The topological polar surface area (TPSA) is 127 Å². The minimum Gasteiger partial charge on any atom is -0.480 e. The van der Waals surface area contributed by atoms with Gasteiger partial charge >= 0.3 is 18.2 Å². The fraction of sp³-hybridized carbons (Fsp3) is 0.579. The van der Waals surface area contributed by atoms with E-state index in [1.807, 2.05) is 0 Å². The summed E-state index contributed by atoms with van der Waals surface area (Å²) in [5.41, 5.74) is -0.572. The first-order valence-electron chi connectivity index (χ1n) is 8.92. The number of nitrogens with zero attached hydrogens (tertiary/aromatic N) is 1. The molecular weight excluding hydrogens is 366 g/mol. The molecule has 0 aromatic carbocycles. The first kappa shape index (κ1) is 23.2. The lowest BCUT2D eigenvalue weighted by Gasteiger charge is -2.22. The van der Waals surface area contributed by atoms with Crippen molar-refractivity contribution in [3.63, 3.8) is 0 Å². The summed E-state index contributed by atoms with van der Waals surface area (Å²) in [6.45, 7) is 10.4. The molecule has 0 fully saturated rings. The number of nitrogens with one attached hydrogen (secondary N) is 2. The highest BCUT2D eigenvalue weighted by molar-refractivity contribution is 5.83. The van der Waals surface area contributed by atoms with Gasteiger partial charge in [-0.2, -0.15) is 0 Å². The summed E-state index contributed by atoms with van der Waals surface area (Å²) in [6.07, 6.45) is 0.663. The number of alkyl carbamates (subject to hydrolysis) is 1. The number of pyridine rings is 1. The molecule has 2 amide bonds. The summed E-state index contributed by atoms with van der Waals surface area (Å²) >= 11 is 0. The third kappa shape index (κ3) is 9.75. The highest BCUT2D eigenvalue weighted by atomic mass is 16.6. The standard InChI is InChI=1S/C19H29N3O6/c1-18(2,3)27-16(25)21-13(15(23)24)9-7-12-8-10-14(20-11-12)22-17(26)28-19(4,5)6/h8,10-11,13H,7,9H2,1-6H3,(H,21,25)(H,23,24)(H,20,22,26)/t13-/m0/s1. The number of hydrogen-bond donors (Lipinski definition) is 3. The van der Waals surface area contributed by atoms with Crippen LogP contribution in [0.5, 0.6) is 0 Å². The largest absolute Gasteiger partial charge is 0.480 e. The fourth-order valence-corrected chi connectivity index (χ4v) is 2.07. The monoisotopic (exact) mass is 395 g/mol. The SMILES string of the molecule is CC(C)(C)OC(=O)Nc1ccc(CC[C@H](NC(=O)OC(C)(C)C)C(=O)O)cn1. The number of rotatable bonds is 6. The smallest absolute Gasteiger partial charge is 0.413 e. The quantitative estimate of drug-likeness (QED) is 0.674. The molecule has 0 aliphatic heterocycles. The molecule has 1 rings (SSSR count). The predicted molar refractivity (Wildman–Crippen MR) is 103 cm³/mol.